The fourth-order valence-corrected chi connectivity index (χ4v) is 2.77. The third kappa shape index (κ3) is 9.56. The van der Waals surface area contributed by atoms with Crippen molar-refractivity contribution in [3.05, 3.63) is 0 Å². The summed E-state index contributed by atoms with van der Waals surface area (Å²) in [4.78, 5) is 4.83. The molecule has 2 fully saturated rings. The van der Waals surface area contributed by atoms with Crippen LogP contribution in [-0.2, 0) is 14.2 Å². The molecule has 7 heteroatoms. The van der Waals surface area contributed by atoms with E-state index in [1.807, 2.05) is 0 Å². The zero-order valence-electron chi connectivity index (χ0n) is 14.4. The largest absolute Gasteiger partial charge is 0.379 e. The summed E-state index contributed by atoms with van der Waals surface area (Å²) >= 11 is 0. The van der Waals surface area contributed by atoms with E-state index in [0.717, 1.165) is 91.9 Å². The summed E-state index contributed by atoms with van der Waals surface area (Å²) in [6.07, 6.45) is 0. The normalized spacial score (nSPS) is 31.3. The summed E-state index contributed by atoms with van der Waals surface area (Å²) in [5, 5.41) is 7.01. The number of hydrogen-bond acceptors (Lipinski definition) is 7. The first kappa shape index (κ1) is 19.1. The molecule has 136 valence electrons. The molecule has 2 aliphatic rings. The van der Waals surface area contributed by atoms with E-state index in [-0.39, 0.29) is 0 Å². The number of ether oxygens (including phenoxy) is 3. The third-order valence-electron chi connectivity index (χ3n) is 4.27. The Morgan fingerprint density at radius 1 is 0.435 bits per heavy atom. The van der Waals surface area contributed by atoms with Crippen molar-refractivity contribution in [2.45, 2.75) is 0 Å². The highest BCUT2D eigenvalue weighted by molar-refractivity contribution is 4.64. The van der Waals surface area contributed by atoms with Crippen LogP contribution in [0.2, 0.25) is 0 Å². The van der Waals surface area contributed by atoms with E-state index in [0.29, 0.717) is 13.2 Å². The highest BCUT2D eigenvalue weighted by Crippen LogP contribution is 1.94. The van der Waals surface area contributed by atoms with E-state index >= 15 is 0 Å². The maximum atomic E-state index is 5.84. The number of nitrogens with one attached hydrogen (secondary N) is 2. The second-order valence-corrected chi connectivity index (χ2v) is 6.02. The molecule has 0 amide bonds. The molecular formula is C16H34N4O3. The van der Waals surface area contributed by atoms with Gasteiger partial charge in [0.25, 0.3) is 0 Å². The van der Waals surface area contributed by atoms with Crippen molar-refractivity contribution in [3.8, 4) is 0 Å². The summed E-state index contributed by atoms with van der Waals surface area (Å²) in [6, 6.07) is 0. The van der Waals surface area contributed by atoms with E-state index in [1.165, 1.54) is 0 Å². The topological polar surface area (TPSA) is 58.2 Å². The molecule has 2 aliphatic heterocycles. The van der Waals surface area contributed by atoms with E-state index in [9.17, 15) is 0 Å². The maximum Gasteiger partial charge on any atom is 0.0701 e. The smallest absolute Gasteiger partial charge is 0.0701 e. The van der Waals surface area contributed by atoms with Gasteiger partial charge in [0, 0.05) is 65.4 Å². The lowest BCUT2D eigenvalue weighted by Crippen LogP contribution is -2.39. The van der Waals surface area contributed by atoms with Gasteiger partial charge in [0.15, 0.2) is 0 Å². The van der Waals surface area contributed by atoms with Crippen molar-refractivity contribution in [3.63, 3.8) is 0 Å². The van der Waals surface area contributed by atoms with Crippen LogP contribution in [0.15, 0.2) is 0 Å². The van der Waals surface area contributed by atoms with Gasteiger partial charge in [-0.25, -0.2) is 0 Å². The maximum absolute atomic E-state index is 5.84. The van der Waals surface area contributed by atoms with Gasteiger partial charge in [0.1, 0.15) is 0 Å². The summed E-state index contributed by atoms with van der Waals surface area (Å²) < 4.78 is 17.2. The van der Waals surface area contributed by atoms with Crippen LogP contribution < -0.4 is 10.6 Å². The molecule has 2 heterocycles. The highest BCUT2D eigenvalue weighted by atomic mass is 16.5. The molecule has 23 heavy (non-hydrogen) atoms. The molecule has 2 bridgehead atoms. The molecule has 0 aromatic carbocycles. The minimum absolute atomic E-state index is 0.685. The Hall–Kier alpha value is -0.280. The monoisotopic (exact) mass is 330 g/mol. The van der Waals surface area contributed by atoms with E-state index in [4.69, 9.17) is 14.2 Å². The van der Waals surface area contributed by atoms with Crippen molar-refractivity contribution in [2.24, 2.45) is 0 Å². The number of rotatable bonds is 0. The molecule has 2 atom stereocenters. The minimum atomic E-state index is 0.685. The van der Waals surface area contributed by atoms with Gasteiger partial charge in [-0.2, -0.15) is 0 Å². The Balaban J connectivity index is 1.87. The Morgan fingerprint density at radius 2 is 0.826 bits per heavy atom. The Morgan fingerprint density at radius 3 is 1.26 bits per heavy atom. The first-order chi connectivity index (χ1) is 11.4. The SMILES string of the molecule is C1CNCCN2CCOCCOCCN(CCN1)CCOCC2. The zero-order valence-corrected chi connectivity index (χ0v) is 14.4. The summed E-state index contributed by atoms with van der Waals surface area (Å²) in [7, 11) is 0. The van der Waals surface area contributed by atoms with Gasteiger partial charge in [-0.1, -0.05) is 0 Å². The Bertz CT molecular complexity index is 238. The van der Waals surface area contributed by atoms with Crippen molar-refractivity contribution >= 4 is 0 Å². The Kier molecular flexibility index (Phi) is 10.8. The molecule has 0 spiro atoms. The summed E-state index contributed by atoms with van der Waals surface area (Å²) in [6.45, 7) is 14.5. The van der Waals surface area contributed by atoms with Crippen LogP contribution in [0.4, 0.5) is 0 Å². The molecule has 2 saturated heterocycles. The van der Waals surface area contributed by atoms with E-state index in [1.54, 1.807) is 0 Å². The van der Waals surface area contributed by atoms with Gasteiger partial charge in [-0.05, 0) is 0 Å². The minimum Gasteiger partial charge on any atom is -0.379 e. The molecule has 0 aliphatic carbocycles. The molecule has 2 unspecified atom stereocenters. The standard InChI is InChI=1S/C16H34N4O3/c1-2-18-4-6-20-8-12-21-11-7-19(5-3-17-1)9-13-22-15-16-23-14-10-20/h17-18H,1-16H2. The van der Waals surface area contributed by atoms with E-state index in [2.05, 4.69) is 20.4 Å². The molecule has 7 nitrogen and oxygen atoms in total. The molecule has 0 radical (unpaired) electrons. The van der Waals surface area contributed by atoms with Crippen molar-refractivity contribution < 1.29 is 14.2 Å². The van der Waals surface area contributed by atoms with Crippen molar-refractivity contribution in [1.82, 2.24) is 20.4 Å². The van der Waals surface area contributed by atoms with Crippen molar-refractivity contribution in [2.75, 3.05) is 105 Å². The fourth-order valence-electron chi connectivity index (χ4n) is 2.77. The average Bonchev–Trinajstić information content (AvgIpc) is 2.57. The summed E-state index contributed by atoms with van der Waals surface area (Å²) in [5.41, 5.74) is 0. The first-order valence-electron chi connectivity index (χ1n) is 9.04. The molecule has 0 aromatic rings. The van der Waals surface area contributed by atoms with Crippen LogP contribution >= 0.6 is 0 Å². The van der Waals surface area contributed by atoms with Crippen molar-refractivity contribution in [1.29, 1.82) is 0 Å². The lowest BCUT2D eigenvalue weighted by Gasteiger charge is -2.23. The lowest BCUT2D eigenvalue weighted by atomic mass is 10.4. The predicted molar refractivity (Wildman–Crippen MR) is 91.1 cm³/mol. The van der Waals surface area contributed by atoms with Crippen LogP contribution in [0.25, 0.3) is 0 Å². The van der Waals surface area contributed by atoms with Gasteiger partial charge >= 0.3 is 0 Å². The Labute approximate surface area is 140 Å². The zero-order chi connectivity index (χ0) is 16.0. The summed E-state index contributed by atoms with van der Waals surface area (Å²) in [5.74, 6) is 0. The first-order valence-corrected chi connectivity index (χ1v) is 9.04. The molecule has 0 saturated carbocycles. The van der Waals surface area contributed by atoms with Gasteiger partial charge < -0.3 is 24.8 Å². The second kappa shape index (κ2) is 13.1. The molecule has 2 rings (SSSR count). The quantitative estimate of drug-likeness (QED) is 0.544. The van der Waals surface area contributed by atoms with E-state index < -0.39 is 0 Å². The number of hydrogen-bond donors (Lipinski definition) is 2. The predicted octanol–water partition coefficient (Wildman–Crippen LogP) is -1.15. The van der Waals surface area contributed by atoms with Crippen LogP contribution in [-0.4, -0.2) is 115 Å². The molecule has 2 N–H and O–H groups in total. The highest BCUT2D eigenvalue weighted by Gasteiger charge is 2.08. The van der Waals surface area contributed by atoms with Crippen LogP contribution in [0.3, 0.4) is 0 Å². The van der Waals surface area contributed by atoms with Crippen LogP contribution in [0.5, 0.6) is 0 Å². The molecular weight excluding hydrogens is 296 g/mol. The van der Waals surface area contributed by atoms with Crippen LogP contribution in [0, 0.1) is 0 Å². The molecule has 0 aromatic heterocycles. The van der Waals surface area contributed by atoms with Gasteiger partial charge in [-0.3, -0.25) is 9.80 Å². The van der Waals surface area contributed by atoms with Gasteiger partial charge in [-0.15, -0.1) is 0 Å². The number of fused-ring (bicyclic) bond motifs is 6. The second-order valence-electron chi connectivity index (χ2n) is 6.02. The lowest BCUT2D eigenvalue weighted by molar-refractivity contribution is 0.0323. The van der Waals surface area contributed by atoms with Gasteiger partial charge in [0.05, 0.1) is 39.6 Å². The van der Waals surface area contributed by atoms with Gasteiger partial charge in [0.2, 0.25) is 0 Å². The fraction of sp³-hybridized carbons (Fsp3) is 1.00. The third-order valence-corrected chi connectivity index (χ3v) is 4.27. The number of nitrogens with zero attached hydrogens (tertiary/aromatic N) is 2. The van der Waals surface area contributed by atoms with Crippen LogP contribution in [0.1, 0.15) is 0 Å². The average molecular weight is 330 g/mol.